The molecule has 0 aromatic carbocycles. The van der Waals surface area contributed by atoms with Gasteiger partial charge >= 0.3 is 0 Å². The van der Waals surface area contributed by atoms with Crippen molar-refractivity contribution < 1.29 is 0 Å². The van der Waals surface area contributed by atoms with Crippen LogP contribution in [0, 0.1) is 6.42 Å². The second-order valence-electron chi connectivity index (χ2n) is 2.17. The maximum atomic E-state index is 2.20. The van der Waals surface area contributed by atoms with Crippen LogP contribution in [0.25, 0.3) is 0 Å². The van der Waals surface area contributed by atoms with Crippen LogP contribution in [-0.2, 0) is 0 Å². The molecule has 0 radical (unpaired) electrons. The summed E-state index contributed by atoms with van der Waals surface area (Å²) in [5.74, 6) is 0. The number of allylic oxidation sites excluding steroid dienone is 4. The van der Waals surface area contributed by atoms with Gasteiger partial charge in [-0.1, -0.05) is 0 Å². The summed E-state index contributed by atoms with van der Waals surface area (Å²) in [7, 11) is 0. The van der Waals surface area contributed by atoms with Crippen LogP contribution in [0.1, 0.15) is 19.8 Å². The summed E-state index contributed by atoms with van der Waals surface area (Å²) in [6.45, 7) is 2.17. The van der Waals surface area contributed by atoms with Crippen LogP contribution in [-0.4, -0.2) is 0 Å². The molecular formula is C8H11+. The minimum absolute atomic E-state index is 1.21. The van der Waals surface area contributed by atoms with E-state index in [9.17, 15) is 0 Å². The molecule has 0 aliphatic heterocycles. The third-order valence-electron chi connectivity index (χ3n) is 1.33. The summed E-state index contributed by atoms with van der Waals surface area (Å²) in [5.41, 5.74) is 1.48. The fourth-order valence-corrected chi connectivity index (χ4v) is 0.789. The highest BCUT2D eigenvalue weighted by Crippen LogP contribution is 2.09. The van der Waals surface area contributed by atoms with Crippen LogP contribution >= 0.6 is 0 Å². The topological polar surface area (TPSA) is 0 Å². The first-order chi connectivity index (χ1) is 3.89. The molecule has 0 bridgehead atoms. The lowest BCUT2D eigenvalue weighted by atomic mass is 10.2. The monoisotopic (exact) mass is 107 g/mol. The molecule has 0 nitrogen and oxygen atoms in total. The maximum absolute atomic E-state index is 2.20. The quantitative estimate of drug-likeness (QED) is 0.417. The summed E-state index contributed by atoms with van der Waals surface area (Å²) >= 11 is 0. The van der Waals surface area contributed by atoms with Gasteiger partial charge in [-0.05, 0) is 0 Å². The zero-order valence-corrected chi connectivity index (χ0v) is 5.22. The standard InChI is InChI=1S/C8H11/c1-8-6-4-2-3-5-7-8/h2-4,6H,5,7H2,1H3/q+1. The second-order valence-corrected chi connectivity index (χ2v) is 2.17. The molecule has 0 heteroatoms. The smallest absolute Gasteiger partial charge is 0.00162 e. The Morgan fingerprint density at radius 2 is 2.50 bits per heavy atom. The highest BCUT2D eigenvalue weighted by molar-refractivity contribution is 5.17. The summed E-state index contributed by atoms with van der Waals surface area (Å²) < 4.78 is 0. The van der Waals surface area contributed by atoms with E-state index in [1.807, 2.05) is 0 Å². The van der Waals surface area contributed by atoms with E-state index in [0.717, 1.165) is 0 Å². The zero-order valence-electron chi connectivity index (χ0n) is 5.22. The summed E-state index contributed by atoms with van der Waals surface area (Å²) in [4.78, 5) is 0. The van der Waals surface area contributed by atoms with Gasteiger partial charge in [0.25, 0.3) is 0 Å². The molecule has 8 heavy (non-hydrogen) atoms. The first-order valence-corrected chi connectivity index (χ1v) is 3.05. The molecule has 1 aliphatic rings. The van der Waals surface area contributed by atoms with E-state index in [-0.39, 0.29) is 0 Å². The van der Waals surface area contributed by atoms with E-state index in [0.29, 0.717) is 0 Å². The molecule has 0 aromatic heterocycles. The van der Waals surface area contributed by atoms with E-state index < -0.39 is 0 Å². The molecule has 0 atom stereocenters. The summed E-state index contributed by atoms with van der Waals surface area (Å²) in [6, 6.07) is 0. The van der Waals surface area contributed by atoms with Crippen LogP contribution in [0.2, 0.25) is 0 Å². The van der Waals surface area contributed by atoms with E-state index >= 15 is 0 Å². The van der Waals surface area contributed by atoms with Crippen LogP contribution < -0.4 is 0 Å². The van der Waals surface area contributed by atoms with Gasteiger partial charge in [-0.3, -0.25) is 0 Å². The number of hydrogen-bond donors (Lipinski definition) is 0. The van der Waals surface area contributed by atoms with Crippen LogP contribution in [0.15, 0.2) is 23.8 Å². The SMILES string of the molecule is CC1=C[CH+]C=CCC1. The fourth-order valence-electron chi connectivity index (χ4n) is 0.789. The Bertz CT molecular complexity index is 118. The lowest BCUT2D eigenvalue weighted by Gasteiger charge is -1.83. The minimum Gasteiger partial charge on any atom is 0.00162 e. The minimum atomic E-state index is 1.21. The Morgan fingerprint density at radius 1 is 1.62 bits per heavy atom. The van der Waals surface area contributed by atoms with Crippen molar-refractivity contribution in [2.45, 2.75) is 19.8 Å². The molecule has 0 spiro atoms. The lowest BCUT2D eigenvalue weighted by Crippen LogP contribution is -1.70. The highest BCUT2D eigenvalue weighted by atomic mass is 14.0. The van der Waals surface area contributed by atoms with Gasteiger partial charge in [-0.2, -0.15) is 0 Å². The van der Waals surface area contributed by atoms with Crippen LogP contribution in [0.5, 0.6) is 0 Å². The Kier molecular flexibility index (Phi) is 1.79. The van der Waals surface area contributed by atoms with Crippen LogP contribution in [0.3, 0.4) is 0 Å². The first-order valence-electron chi connectivity index (χ1n) is 3.05. The molecule has 42 valence electrons. The normalized spacial score (nSPS) is 18.9. The first kappa shape index (κ1) is 5.49. The van der Waals surface area contributed by atoms with Crippen molar-refractivity contribution in [1.82, 2.24) is 0 Å². The molecule has 0 aromatic rings. The lowest BCUT2D eigenvalue weighted by molar-refractivity contribution is 0.985. The van der Waals surface area contributed by atoms with Crippen molar-refractivity contribution in [2.75, 3.05) is 0 Å². The Hall–Kier alpha value is -0.650. The largest absolute Gasteiger partial charge is 0.0449 e. The number of rotatable bonds is 0. The molecular weight excluding hydrogens is 96.1 g/mol. The highest BCUT2D eigenvalue weighted by Gasteiger charge is 1.97. The molecule has 0 fully saturated rings. The van der Waals surface area contributed by atoms with Gasteiger partial charge in [-0.15, -0.1) is 0 Å². The van der Waals surface area contributed by atoms with Gasteiger partial charge < -0.3 is 0 Å². The average molecular weight is 107 g/mol. The Balaban J connectivity index is 2.48. The van der Waals surface area contributed by atoms with E-state index in [2.05, 4.69) is 31.6 Å². The molecule has 0 heterocycles. The van der Waals surface area contributed by atoms with Gasteiger partial charge in [0.05, 0.1) is 0 Å². The van der Waals surface area contributed by atoms with Gasteiger partial charge in [-0.25, -0.2) is 0 Å². The predicted molar refractivity (Wildman–Crippen MR) is 36.4 cm³/mol. The zero-order chi connectivity index (χ0) is 5.82. The van der Waals surface area contributed by atoms with Gasteiger partial charge in [0, 0.05) is 50.0 Å². The van der Waals surface area contributed by atoms with Crippen molar-refractivity contribution >= 4 is 0 Å². The van der Waals surface area contributed by atoms with E-state index in [4.69, 9.17) is 0 Å². The molecule has 0 saturated heterocycles. The maximum Gasteiger partial charge on any atom is 0.0449 e. The third kappa shape index (κ3) is 1.45. The Morgan fingerprint density at radius 3 is 3.38 bits per heavy atom. The van der Waals surface area contributed by atoms with Crippen molar-refractivity contribution in [3.05, 3.63) is 30.2 Å². The third-order valence-corrected chi connectivity index (χ3v) is 1.33. The summed E-state index contributed by atoms with van der Waals surface area (Å²) in [5, 5.41) is 0. The van der Waals surface area contributed by atoms with Crippen molar-refractivity contribution in [2.24, 2.45) is 0 Å². The summed E-state index contributed by atoms with van der Waals surface area (Å²) in [6.07, 6.45) is 11.0. The van der Waals surface area contributed by atoms with Crippen molar-refractivity contribution in [3.8, 4) is 0 Å². The van der Waals surface area contributed by atoms with Crippen molar-refractivity contribution in [1.29, 1.82) is 0 Å². The van der Waals surface area contributed by atoms with Crippen molar-refractivity contribution in [3.63, 3.8) is 0 Å². The van der Waals surface area contributed by atoms with E-state index in [1.54, 1.807) is 0 Å². The van der Waals surface area contributed by atoms with Gasteiger partial charge in [0.15, 0.2) is 0 Å². The van der Waals surface area contributed by atoms with Crippen LogP contribution in [0.4, 0.5) is 0 Å². The average Bonchev–Trinajstić information content (AvgIpc) is 1.94. The van der Waals surface area contributed by atoms with E-state index in [1.165, 1.54) is 18.4 Å². The molecule has 0 unspecified atom stereocenters. The number of hydrogen-bond acceptors (Lipinski definition) is 0. The fraction of sp³-hybridized carbons (Fsp3) is 0.375. The molecule has 1 aliphatic carbocycles. The Labute approximate surface area is 50.9 Å². The molecule has 1 rings (SSSR count). The predicted octanol–water partition coefficient (Wildman–Crippen LogP) is 2.49. The van der Waals surface area contributed by atoms with Gasteiger partial charge in [0.1, 0.15) is 0 Å². The molecule has 0 saturated carbocycles. The molecule has 0 N–H and O–H groups in total. The second kappa shape index (κ2) is 2.61. The molecule has 0 amide bonds. The van der Waals surface area contributed by atoms with Gasteiger partial charge in [0.2, 0.25) is 0 Å².